The highest BCUT2D eigenvalue weighted by Gasteiger charge is 2.37. The smallest absolute Gasteiger partial charge is 0.253 e. The predicted molar refractivity (Wildman–Crippen MR) is 117 cm³/mol. The van der Waals surface area contributed by atoms with E-state index in [1.165, 1.54) is 0 Å². The summed E-state index contributed by atoms with van der Waals surface area (Å²) in [6.07, 6.45) is 0.210. The van der Waals surface area contributed by atoms with Crippen LogP contribution in [0.5, 0.6) is 0 Å². The van der Waals surface area contributed by atoms with Crippen molar-refractivity contribution < 1.29 is 14.4 Å². The summed E-state index contributed by atoms with van der Waals surface area (Å²) in [5.74, 6) is -0.592. The number of anilines is 1. The largest absolute Gasteiger partial charge is 0.339 e. The molecule has 0 radical (unpaired) electrons. The monoisotopic (exact) mass is 407 g/mol. The molecule has 0 unspecified atom stereocenters. The Balaban J connectivity index is 1.61. The Hall–Kier alpha value is -3.15. The van der Waals surface area contributed by atoms with Gasteiger partial charge in [0.2, 0.25) is 11.8 Å². The van der Waals surface area contributed by atoms with Crippen LogP contribution in [0.1, 0.15) is 49.2 Å². The Morgan fingerprint density at radius 1 is 1.07 bits per heavy atom. The van der Waals surface area contributed by atoms with Crippen molar-refractivity contribution >= 4 is 23.4 Å². The van der Waals surface area contributed by atoms with Gasteiger partial charge in [0.05, 0.1) is 12.0 Å². The van der Waals surface area contributed by atoms with E-state index in [9.17, 15) is 14.4 Å². The van der Waals surface area contributed by atoms with E-state index in [1.54, 1.807) is 34.1 Å². The normalized spacial score (nSPS) is 17.0. The van der Waals surface area contributed by atoms with Crippen LogP contribution < -0.4 is 5.32 Å². The average molecular weight is 408 g/mol. The number of carbonyl (C=O) groups excluding carboxylic acids is 3. The highest BCUT2D eigenvalue weighted by Crippen LogP contribution is 2.29. The molecule has 158 valence electrons. The number of amides is 3. The van der Waals surface area contributed by atoms with Gasteiger partial charge < -0.3 is 15.1 Å². The van der Waals surface area contributed by atoms with Crippen molar-refractivity contribution in [1.29, 1.82) is 0 Å². The van der Waals surface area contributed by atoms with Gasteiger partial charge in [-0.25, -0.2) is 0 Å². The van der Waals surface area contributed by atoms with E-state index in [-0.39, 0.29) is 36.1 Å². The molecule has 1 saturated heterocycles. The van der Waals surface area contributed by atoms with E-state index in [0.717, 1.165) is 5.56 Å². The maximum atomic E-state index is 12.7. The topological polar surface area (TPSA) is 69.7 Å². The number of carbonyl (C=O) groups is 3. The van der Waals surface area contributed by atoms with Gasteiger partial charge in [0.25, 0.3) is 5.91 Å². The molecule has 0 aromatic heterocycles. The molecule has 6 heteroatoms. The fourth-order valence-corrected chi connectivity index (χ4v) is 3.83. The number of benzene rings is 2. The Morgan fingerprint density at radius 2 is 1.70 bits per heavy atom. The summed E-state index contributed by atoms with van der Waals surface area (Å²) in [4.78, 5) is 41.1. The second kappa shape index (κ2) is 9.57. The minimum absolute atomic E-state index is 0.00771. The van der Waals surface area contributed by atoms with E-state index in [0.29, 0.717) is 30.9 Å². The first-order valence-corrected chi connectivity index (χ1v) is 10.5. The molecule has 2 aromatic carbocycles. The second-order valence-electron chi connectivity index (χ2n) is 7.58. The zero-order chi connectivity index (χ0) is 21.7. The second-order valence-corrected chi connectivity index (χ2v) is 7.58. The minimum atomic E-state index is -0.388. The van der Waals surface area contributed by atoms with Crippen molar-refractivity contribution in [2.24, 2.45) is 5.92 Å². The van der Waals surface area contributed by atoms with Gasteiger partial charge in [0.15, 0.2) is 0 Å². The van der Waals surface area contributed by atoms with Crippen LogP contribution >= 0.6 is 0 Å². The first-order valence-electron chi connectivity index (χ1n) is 10.5. The van der Waals surface area contributed by atoms with E-state index in [2.05, 4.69) is 5.32 Å². The van der Waals surface area contributed by atoms with Gasteiger partial charge in [-0.2, -0.15) is 0 Å². The maximum absolute atomic E-state index is 12.7. The van der Waals surface area contributed by atoms with Crippen LogP contribution in [0.3, 0.4) is 0 Å². The Morgan fingerprint density at radius 3 is 2.30 bits per heavy atom. The fraction of sp³-hybridized carbons (Fsp3) is 0.375. The number of hydrogen-bond donors (Lipinski definition) is 1. The number of likely N-dealkylation sites (tertiary alicyclic amines) is 1. The van der Waals surface area contributed by atoms with Crippen molar-refractivity contribution in [3.05, 3.63) is 65.7 Å². The molecular formula is C24H29N3O3. The van der Waals surface area contributed by atoms with Gasteiger partial charge in [-0.3, -0.25) is 14.4 Å². The molecule has 1 aliphatic rings. The van der Waals surface area contributed by atoms with Gasteiger partial charge in [0.1, 0.15) is 0 Å². The minimum Gasteiger partial charge on any atom is -0.339 e. The zero-order valence-electron chi connectivity index (χ0n) is 17.8. The summed E-state index contributed by atoms with van der Waals surface area (Å²) in [6, 6.07) is 16.7. The van der Waals surface area contributed by atoms with Crippen LogP contribution in [0.15, 0.2) is 54.6 Å². The van der Waals surface area contributed by atoms with Crippen LogP contribution in [-0.4, -0.2) is 47.2 Å². The van der Waals surface area contributed by atoms with Crippen LogP contribution in [0.25, 0.3) is 0 Å². The summed E-state index contributed by atoms with van der Waals surface area (Å²) in [7, 11) is 0. The highest BCUT2D eigenvalue weighted by molar-refractivity contribution is 5.98. The van der Waals surface area contributed by atoms with E-state index in [1.807, 2.05) is 51.1 Å². The lowest BCUT2D eigenvalue weighted by Gasteiger charge is -2.25. The third-order valence-corrected chi connectivity index (χ3v) is 5.73. The average Bonchev–Trinajstić information content (AvgIpc) is 3.17. The zero-order valence-corrected chi connectivity index (χ0v) is 17.8. The summed E-state index contributed by atoms with van der Waals surface area (Å²) in [5.41, 5.74) is 2.27. The molecule has 1 N–H and O–H groups in total. The Kier molecular flexibility index (Phi) is 6.87. The van der Waals surface area contributed by atoms with Gasteiger partial charge in [-0.05, 0) is 50.6 Å². The first-order chi connectivity index (χ1) is 14.4. The van der Waals surface area contributed by atoms with Crippen molar-refractivity contribution in [3.63, 3.8) is 0 Å². The molecule has 30 heavy (non-hydrogen) atoms. The lowest BCUT2D eigenvalue weighted by molar-refractivity contribution is -0.129. The molecule has 1 heterocycles. The van der Waals surface area contributed by atoms with Gasteiger partial charge in [-0.1, -0.05) is 30.3 Å². The number of rotatable bonds is 7. The third kappa shape index (κ3) is 4.70. The quantitative estimate of drug-likeness (QED) is 0.761. The summed E-state index contributed by atoms with van der Waals surface area (Å²) < 4.78 is 0. The lowest BCUT2D eigenvalue weighted by atomic mass is 10.1. The molecule has 0 saturated carbocycles. The molecule has 0 spiro atoms. The van der Waals surface area contributed by atoms with E-state index >= 15 is 0 Å². The van der Waals surface area contributed by atoms with Crippen molar-refractivity contribution in [1.82, 2.24) is 9.80 Å². The number of nitrogens with one attached hydrogen (secondary N) is 1. The van der Waals surface area contributed by atoms with E-state index < -0.39 is 0 Å². The molecule has 3 rings (SSSR count). The van der Waals surface area contributed by atoms with Crippen molar-refractivity contribution in [3.8, 4) is 0 Å². The molecule has 0 bridgehead atoms. The summed E-state index contributed by atoms with van der Waals surface area (Å²) in [5, 5.41) is 2.88. The highest BCUT2D eigenvalue weighted by atomic mass is 16.2. The number of hydrogen-bond acceptors (Lipinski definition) is 3. The van der Waals surface area contributed by atoms with Crippen LogP contribution in [-0.2, 0) is 9.59 Å². The maximum Gasteiger partial charge on any atom is 0.253 e. The van der Waals surface area contributed by atoms with Gasteiger partial charge in [0, 0.05) is 37.3 Å². The van der Waals surface area contributed by atoms with Gasteiger partial charge in [-0.15, -0.1) is 0 Å². The molecule has 2 atom stereocenters. The molecule has 2 aromatic rings. The fourth-order valence-electron chi connectivity index (χ4n) is 3.83. The number of nitrogens with zero attached hydrogens (tertiary/aromatic N) is 2. The Labute approximate surface area is 177 Å². The van der Waals surface area contributed by atoms with E-state index in [4.69, 9.17) is 0 Å². The lowest BCUT2D eigenvalue weighted by Crippen LogP contribution is -2.31. The van der Waals surface area contributed by atoms with Crippen LogP contribution in [0.2, 0.25) is 0 Å². The van der Waals surface area contributed by atoms with Crippen LogP contribution in [0, 0.1) is 5.92 Å². The summed E-state index contributed by atoms with van der Waals surface area (Å²) in [6.45, 7) is 7.59. The standard InChI is InChI=1S/C24H29N3O3/c1-4-26(5-2)24(30)19-11-13-21(14-12-19)25-23(29)20-15-22(28)27(16-20)17(3)18-9-7-6-8-10-18/h6-14,17,20H,4-5,15-16H2,1-3H3,(H,25,29)/t17-,20+/m1/s1. The molecule has 3 amide bonds. The molecule has 0 aliphatic carbocycles. The molecule has 6 nitrogen and oxygen atoms in total. The van der Waals surface area contributed by atoms with Crippen LogP contribution in [0.4, 0.5) is 5.69 Å². The molecule has 1 fully saturated rings. The third-order valence-electron chi connectivity index (χ3n) is 5.73. The van der Waals surface area contributed by atoms with Gasteiger partial charge >= 0.3 is 0 Å². The molecular weight excluding hydrogens is 378 g/mol. The van der Waals surface area contributed by atoms with Crippen molar-refractivity contribution in [2.75, 3.05) is 25.0 Å². The SMILES string of the molecule is CCN(CC)C(=O)c1ccc(NC(=O)[C@H]2CC(=O)N([C@H](C)c3ccccc3)C2)cc1. The van der Waals surface area contributed by atoms with Crippen molar-refractivity contribution in [2.45, 2.75) is 33.2 Å². The summed E-state index contributed by atoms with van der Waals surface area (Å²) >= 11 is 0. The molecule has 1 aliphatic heterocycles. The first kappa shape index (κ1) is 21.6. The predicted octanol–water partition coefficient (Wildman–Crippen LogP) is 3.72. The Bertz CT molecular complexity index is 892.